The summed E-state index contributed by atoms with van der Waals surface area (Å²) in [5.41, 5.74) is 5.49. The molecule has 2 heterocycles. The van der Waals surface area contributed by atoms with Gasteiger partial charge in [0.15, 0.2) is 11.5 Å². The highest BCUT2D eigenvalue weighted by Gasteiger charge is 2.20. The summed E-state index contributed by atoms with van der Waals surface area (Å²) in [6.45, 7) is 3.27. The number of nitriles is 1. The van der Waals surface area contributed by atoms with Gasteiger partial charge in [-0.2, -0.15) is 5.26 Å². The second kappa shape index (κ2) is 4.98. The molecule has 1 aromatic rings. The van der Waals surface area contributed by atoms with E-state index >= 15 is 0 Å². The quantitative estimate of drug-likeness (QED) is 0.733. The first-order valence-electron chi connectivity index (χ1n) is 5.62. The number of primary amides is 1. The van der Waals surface area contributed by atoms with Crippen molar-refractivity contribution < 1.29 is 4.79 Å². The molecule has 0 bridgehead atoms. The van der Waals surface area contributed by atoms with Gasteiger partial charge in [0, 0.05) is 26.2 Å². The minimum Gasteiger partial charge on any atom is -0.364 e. The Morgan fingerprint density at radius 1 is 1.44 bits per heavy atom. The number of nitrogens with two attached hydrogens (primary N) is 1. The van der Waals surface area contributed by atoms with Crippen LogP contribution in [0, 0.1) is 11.3 Å². The fraction of sp³-hybridized carbons (Fsp3) is 0.455. The monoisotopic (exact) mass is 246 g/mol. The molecule has 7 heteroatoms. The van der Waals surface area contributed by atoms with E-state index in [9.17, 15) is 4.79 Å². The molecule has 18 heavy (non-hydrogen) atoms. The molecule has 0 atom stereocenters. The molecule has 2 rings (SSSR count). The first-order valence-corrected chi connectivity index (χ1v) is 5.62. The van der Waals surface area contributed by atoms with Crippen LogP contribution in [-0.2, 0) is 0 Å². The molecule has 1 aromatic heterocycles. The highest BCUT2D eigenvalue weighted by Crippen LogP contribution is 2.17. The van der Waals surface area contributed by atoms with Crippen LogP contribution in [0.1, 0.15) is 16.2 Å². The molecular weight excluding hydrogens is 232 g/mol. The third-order valence-corrected chi connectivity index (χ3v) is 2.92. The average molecular weight is 246 g/mol. The summed E-state index contributed by atoms with van der Waals surface area (Å²) >= 11 is 0. The fourth-order valence-corrected chi connectivity index (χ4v) is 1.82. The van der Waals surface area contributed by atoms with E-state index in [1.54, 1.807) is 0 Å². The van der Waals surface area contributed by atoms with E-state index < -0.39 is 5.91 Å². The summed E-state index contributed by atoms with van der Waals surface area (Å²) < 4.78 is 0. The molecule has 1 aliphatic heterocycles. The molecule has 0 aromatic carbocycles. The zero-order valence-corrected chi connectivity index (χ0v) is 10.1. The second-order valence-electron chi connectivity index (χ2n) is 4.19. The number of carbonyl (C=O) groups excluding carboxylic acids is 1. The molecule has 7 nitrogen and oxygen atoms in total. The van der Waals surface area contributed by atoms with Crippen LogP contribution in [0.4, 0.5) is 5.82 Å². The van der Waals surface area contributed by atoms with E-state index in [1.807, 2.05) is 18.0 Å². The minimum atomic E-state index is -0.637. The van der Waals surface area contributed by atoms with Crippen LogP contribution in [-0.4, -0.2) is 54.0 Å². The van der Waals surface area contributed by atoms with Gasteiger partial charge in [-0.15, -0.1) is 0 Å². The lowest BCUT2D eigenvalue weighted by atomic mass is 10.3. The largest absolute Gasteiger partial charge is 0.364 e. The minimum absolute atomic E-state index is 0.0860. The lowest BCUT2D eigenvalue weighted by molar-refractivity contribution is 0.0995. The Hall–Kier alpha value is -2.20. The highest BCUT2D eigenvalue weighted by atomic mass is 16.1. The van der Waals surface area contributed by atoms with Crippen molar-refractivity contribution in [2.24, 2.45) is 5.73 Å². The van der Waals surface area contributed by atoms with E-state index in [2.05, 4.69) is 14.9 Å². The summed E-state index contributed by atoms with van der Waals surface area (Å²) in [4.78, 5) is 23.3. The average Bonchev–Trinajstić information content (AvgIpc) is 2.39. The number of carbonyl (C=O) groups is 1. The predicted molar refractivity (Wildman–Crippen MR) is 65.0 cm³/mol. The van der Waals surface area contributed by atoms with Crippen LogP contribution >= 0.6 is 0 Å². The second-order valence-corrected chi connectivity index (χ2v) is 4.19. The number of nitrogens with zero attached hydrogens (tertiary/aromatic N) is 5. The van der Waals surface area contributed by atoms with E-state index in [0.29, 0.717) is 5.82 Å². The molecule has 2 N–H and O–H groups in total. The SMILES string of the molecule is CN1CCN(c2nc(C(N)=O)cnc2C#N)CC1. The molecule has 0 spiro atoms. The van der Waals surface area contributed by atoms with E-state index in [1.165, 1.54) is 6.20 Å². The topological polar surface area (TPSA) is 99.1 Å². The van der Waals surface area contributed by atoms with Crippen LogP contribution in [0.5, 0.6) is 0 Å². The Bertz CT molecular complexity index is 501. The number of amides is 1. The van der Waals surface area contributed by atoms with E-state index in [4.69, 9.17) is 11.0 Å². The molecule has 0 radical (unpaired) electrons. The Morgan fingerprint density at radius 3 is 2.67 bits per heavy atom. The summed E-state index contributed by atoms with van der Waals surface area (Å²) in [5.74, 6) is -0.190. The van der Waals surface area contributed by atoms with Gasteiger partial charge < -0.3 is 15.5 Å². The van der Waals surface area contributed by atoms with Crippen LogP contribution in [0.15, 0.2) is 6.20 Å². The predicted octanol–water partition coefficient (Wildman–Crippen LogP) is -0.801. The van der Waals surface area contributed by atoms with Crippen molar-refractivity contribution in [1.82, 2.24) is 14.9 Å². The number of hydrogen-bond donors (Lipinski definition) is 1. The van der Waals surface area contributed by atoms with Gasteiger partial charge in [-0.1, -0.05) is 0 Å². The van der Waals surface area contributed by atoms with Gasteiger partial charge >= 0.3 is 0 Å². The summed E-state index contributed by atoms with van der Waals surface area (Å²) in [6, 6.07) is 1.99. The number of piperazine rings is 1. The van der Waals surface area contributed by atoms with Crippen LogP contribution in [0.25, 0.3) is 0 Å². The Morgan fingerprint density at radius 2 is 2.11 bits per heavy atom. The Kier molecular flexibility index (Phi) is 3.39. The lowest BCUT2D eigenvalue weighted by Crippen LogP contribution is -2.45. The number of rotatable bonds is 2. The van der Waals surface area contributed by atoms with Crippen LogP contribution in [0.3, 0.4) is 0 Å². The summed E-state index contributed by atoms with van der Waals surface area (Å²) in [7, 11) is 2.04. The molecule has 0 saturated carbocycles. The van der Waals surface area contributed by atoms with Gasteiger partial charge in [0.1, 0.15) is 11.8 Å². The third-order valence-electron chi connectivity index (χ3n) is 2.92. The molecule has 0 aliphatic carbocycles. The van der Waals surface area contributed by atoms with Crippen molar-refractivity contribution in [3.8, 4) is 6.07 Å². The zero-order chi connectivity index (χ0) is 13.1. The third kappa shape index (κ3) is 2.38. The number of anilines is 1. The molecular formula is C11H14N6O. The lowest BCUT2D eigenvalue weighted by Gasteiger charge is -2.33. The maximum absolute atomic E-state index is 11.1. The number of likely N-dealkylation sites (N-methyl/N-ethyl adjacent to an activating group) is 1. The molecule has 94 valence electrons. The molecule has 1 saturated heterocycles. The molecule has 0 unspecified atom stereocenters. The van der Waals surface area contributed by atoms with Gasteiger partial charge in [-0.3, -0.25) is 4.79 Å². The number of aromatic nitrogens is 2. The summed E-state index contributed by atoms with van der Waals surface area (Å²) in [6.07, 6.45) is 1.24. The fourth-order valence-electron chi connectivity index (χ4n) is 1.82. The van der Waals surface area contributed by atoms with E-state index in [0.717, 1.165) is 26.2 Å². The maximum Gasteiger partial charge on any atom is 0.268 e. The normalized spacial score (nSPS) is 16.3. The molecule has 1 aliphatic rings. The standard InChI is InChI=1S/C11H14N6O/c1-16-2-4-17(5-3-16)11-8(6-12)14-7-9(15-11)10(13)18/h7H,2-5H2,1H3,(H2,13,18). The van der Waals surface area contributed by atoms with Gasteiger partial charge in [-0.25, -0.2) is 9.97 Å². The Balaban J connectivity index is 2.33. The van der Waals surface area contributed by atoms with Crippen molar-refractivity contribution in [3.63, 3.8) is 0 Å². The molecule has 1 fully saturated rings. The van der Waals surface area contributed by atoms with Gasteiger partial charge in [0.05, 0.1) is 6.20 Å². The van der Waals surface area contributed by atoms with Crippen molar-refractivity contribution in [2.45, 2.75) is 0 Å². The van der Waals surface area contributed by atoms with Crippen LogP contribution in [0.2, 0.25) is 0 Å². The van der Waals surface area contributed by atoms with E-state index in [-0.39, 0.29) is 11.4 Å². The highest BCUT2D eigenvalue weighted by molar-refractivity contribution is 5.90. The smallest absolute Gasteiger partial charge is 0.268 e. The van der Waals surface area contributed by atoms with Gasteiger partial charge in [0.2, 0.25) is 0 Å². The van der Waals surface area contributed by atoms with Crippen molar-refractivity contribution in [3.05, 3.63) is 17.6 Å². The first kappa shape index (κ1) is 12.3. The Labute approximate surface area is 105 Å². The summed E-state index contributed by atoms with van der Waals surface area (Å²) in [5, 5.41) is 9.02. The van der Waals surface area contributed by atoms with Crippen LogP contribution < -0.4 is 10.6 Å². The van der Waals surface area contributed by atoms with Gasteiger partial charge in [0.25, 0.3) is 5.91 Å². The van der Waals surface area contributed by atoms with Crippen molar-refractivity contribution in [1.29, 1.82) is 5.26 Å². The molecule has 1 amide bonds. The maximum atomic E-state index is 11.1. The van der Waals surface area contributed by atoms with Crippen molar-refractivity contribution in [2.75, 3.05) is 38.1 Å². The zero-order valence-electron chi connectivity index (χ0n) is 10.1. The number of hydrogen-bond acceptors (Lipinski definition) is 6. The first-order chi connectivity index (χ1) is 8.61. The van der Waals surface area contributed by atoms with Gasteiger partial charge in [-0.05, 0) is 7.05 Å². The van der Waals surface area contributed by atoms with Crippen molar-refractivity contribution >= 4 is 11.7 Å².